The van der Waals surface area contributed by atoms with E-state index in [1.165, 1.54) is 0 Å². The smallest absolute Gasteiger partial charge is 0.285 e. The molecule has 9 nitrogen and oxygen atoms in total. The average Bonchev–Trinajstić information content (AvgIpc) is 2.72. The van der Waals surface area contributed by atoms with E-state index < -0.39 is 0 Å². The maximum Gasteiger partial charge on any atom is 0.285 e. The second kappa shape index (κ2) is 8.92. The van der Waals surface area contributed by atoms with Gasteiger partial charge < -0.3 is 24.8 Å². The van der Waals surface area contributed by atoms with Gasteiger partial charge in [0.15, 0.2) is 0 Å². The van der Waals surface area contributed by atoms with Gasteiger partial charge in [0.05, 0.1) is 0 Å². The van der Waals surface area contributed by atoms with Gasteiger partial charge in [-0.1, -0.05) is 0 Å². The fraction of sp³-hybridized carbons (Fsp3) is 0.556. The second-order valence-corrected chi connectivity index (χ2v) is 6.57. The summed E-state index contributed by atoms with van der Waals surface area (Å²) >= 11 is 0. The molecular formula is C18H24N6O3. The molecule has 0 atom stereocenters. The van der Waals surface area contributed by atoms with E-state index in [4.69, 9.17) is 14.2 Å². The average molecular weight is 372 g/mol. The lowest BCUT2D eigenvalue weighted by atomic mass is 10.1. The molecule has 0 saturated carbocycles. The Labute approximate surface area is 157 Å². The van der Waals surface area contributed by atoms with Gasteiger partial charge in [-0.25, -0.2) is 19.9 Å². The largest absolute Gasteiger partial charge is 0.470 e. The third-order valence-corrected chi connectivity index (χ3v) is 4.59. The highest BCUT2D eigenvalue weighted by atomic mass is 16.6. The molecule has 4 heterocycles. The lowest BCUT2D eigenvalue weighted by Crippen LogP contribution is -2.34. The van der Waals surface area contributed by atoms with Crippen molar-refractivity contribution >= 4 is 0 Å². The van der Waals surface area contributed by atoms with Crippen molar-refractivity contribution in [1.82, 2.24) is 30.6 Å². The van der Waals surface area contributed by atoms with Crippen molar-refractivity contribution in [3.05, 3.63) is 24.8 Å². The van der Waals surface area contributed by atoms with Crippen molar-refractivity contribution in [1.29, 1.82) is 0 Å². The van der Waals surface area contributed by atoms with Crippen LogP contribution in [0, 0.1) is 0 Å². The van der Waals surface area contributed by atoms with Crippen molar-refractivity contribution in [2.24, 2.45) is 0 Å². The number of nitrogens with one attached hydrogen (secondary N) is 2. The number of hydrogen-bond acceptors (Lipinski definition) is 9. The standard InChI is InChI=1S/C18H24N6O3/c1-5-19-6-2-13(1)25-15-17(23-11-9-21-15)27-18-16(22-10-12-24-18)26-14-3-7-20-8-4-14/h9-14,19-20H,1-8H2. The minimum Gasteiger partial charge on any atom is -0.470 e. The van der Waals surface area contributed by atoms with E-state index >= 15 is 0 Å². The molecule has 27 heavy (non-hydrogen) atoms. The maximum absolute atomic E-state index is 6.01. The molecule has 0 radical (unpaired) electrons. The third-order valence-electron chi connectivity index (χ3n) is 4.59. The molecule has 4 rings (SSSR count). The van der Waals surface area contributed by atoms with Crippen molar-refractivity contribution in [3.8, 4) is 23.5 Å². The Balaban J connectivity index is 1.49. The summed E-state index contributed by atoms with van der Waals surface area (Å²) in [6, 6.07) is 0. The van der Waals surface area contributed by atoms with Crippen LogP contribution >= 0.6 is 0 Å². The Morgan fingerprint density at radius 1 is 0.593 bits per heavy atom. The molecule has 0 amide bonds. The van der Waals surface area contributed by atoms with Crippen molar-refractivity contribution in [3.63, 3.8) is 0 Å². The lowest BCUT2D eigenvalue weighted by Gasteiger charge is -2.24. The monoisotopic (exact) mass is 372 g/mol. The van der Waals surface area contributed by atoms with Gasteiger partial charge >= 0.3 is 0 Å². The molecule has 2 saturated heterocycles. The zero-order valence-electron chi connectivity index (χ0n) is 15.1. The molecule has 2 aromatic heterocycles. The zero-order chi connectivity index (χ0) is 18.3. The highest BCUT2D eigenvalue weighted by molar-refractivity contribution is 5.33. The predicted molar refractivity (Wildman–Crippen MR) is 97.2 cm³/mol. The van der Waals surface area contributed by atoms with E-state index in [1.807, 2.05) is 0 Å². The van der Waals surface area contributed by atoms with E-state index in [9.17, 15) is 0 Å². The van der Waals surface area contributed by atoms with E-state index in [1.54, 1.807) is 24.8 Å². The first kappa shape index (κ1) is 17.9. The first-order valence-corrected chi connectivity index (χ1v) is 9.43. The number of hydrogen-bond donors (Lipinski definition) is 2. The summed E-state index contributed by atoms with van der Waals surface area (Å²) in [6.07, 6.45) is 10.2. The van der Waals surface area contributed by atoms with E-state index in [0.717, 1.165) is 51.9 Å². The molecule has 0 unspecified atom stereocenters. The highest BCUT2D eigenvalue weighted by Crippen LogP contribution is 2.32. The van der Waals surface area contributed by atoms with Crippen LogP contribution in [0.25, 0.3) is 0 Å². The number of nitrogens with zero attached hydrogens (tertiary/aromatic N) is 4. The van der Waals surface area contributed by atoms with Crippen LogP contribution in [0.4, 0.5) is 0 Å². The van der Waals surface area contributed by atoms with E-state index in [2.05, 4.69) is 30.6 Å². The van der Waals surface area contributed by atoms with E-state index in [-0.39, 0.29) is 24.0 Å². The van der Waals surface area contributed by atoms with Crippen LogP contribution in [0.2, 0.25) is 0 Å². The molecule has 2 aliphatic rings. The van der Waals surface area contributed by atoms with Crippen LogP contribution in [0.15, 0.2) is 24.8 Å². The Kier molecular flexibility index (Phi) is 5.90. The fourth-order valence-corrected chi connectivity index (χ4v) is 3.16. The Morgan fingerprint density at radius 3 is 1.37 bits per heavy atom. The van der Waals surface area contributed by atoms with Gasteiger partial charge in [0.25, 0.3) is 23.5 Å². The summed E-state index contributed by atoms with van der Waals surface area (Å²) in [5.41, 5.74) is 0. The van der Waals surface area contributed by atoms with Crippen LogP contribution in [-0.2, 0) is 0 Å². The fourth-order valence-electron chi connectivity index (χ4n) is 3.16. The molecule has 144 valence electrons. The summed E-state index contributed by atoms with van der Waals surface area (Å²) in [6.45, 7) is 3.72. The molecule has 2 aliphatic heterocycles. The summed E-state index contributed by atoms with van der Waals surface area (Å²) in [5, 5.41) is 6.63. The first-order valence-electron chi connectivity index (χ1n) is 9.43. The molecule has 0 bridgehead atoms. The van der Waals surface area contributed by atoms with Crippen LogP contribution < -0.4 is 24.8 Å². The minimum absolute atomic E-state index is 0.0950. The van der Waals surface area contributed by atoms with Gasteiger partial charge in [-0.05, 0) is 51.9 Å². The molecule has 0 aliphatic carbocycles. The first-order chi connectivity index (χ1) is 13.4. The number of aromatic nitrogens is 4. The van der Waals surface area contributed by atoms with Gasteiger partial charge in [0.1, 0.15) is 12.2 Å². The Morgan fingerprint density at radius 2 is 0.963 bits per heavy atom. The summed E-state index contributed by atoms with van der Waals surface area (Å²) < 4.78 is 17.9. The summed E-state index contributed by atoms with van der Waals surface area (Å²) in [4.78, 5) is 17.1. The second-order valence-electron chi connectivity index (χ2n) is 6.57. The summed E-state index contributed by atoms with van der Waals surface area (Å²) in [5.74, 6) is 1.27. The van der Waals surface area contributed by atoms with Gasteiger partial charge in [-0.3, -0.25) is 0 Å². The molecular weight excluding hydrogens is 348 g/mol. The van der Waals surface area contributed by atoms with Crippen LogP contribution in [0.5, 0.6) is 23.5 Å². The molecule has 0 aromatic carbocycles. The maximum atomic E-state index is 6.01. The normalized spacial score (nSPS) is 18.8. The van der Waals surface area contributed by atoms with Gasteiger partial charge in [0.2, 0.25) is 0 Å². The lowest BCUT2D eigenvalue weighted by molar-refractivity contribution is 0.143. The van der Waals surface area contributed by atoms with Crippen molar-refractivity contribution < 1.29 is 14.2 Å². The third kappa shape index (κ3) is 4.81. The van der Waals surface area contributed by atoms with Gasteiger partial charge in [-0.15, -0.1) is 0 Å². The number of rotatable bonds is 6. The van der Waals surface area contributed by atoms with Crippen LogP contribution in [0.1, 0.15) is 25.7 Å². The topological polar surface area (TPSA) is 103 Å². The Bertz CT molecular complexity index is 673. The summed E-state index contributed by atoms with van der Waals surface area (Å²) in [7, 11) is 0. The van der Waals surface area contributed by atoms with Gasteiger partial charge in [0, 0.05) is 24.8 Å². The Hall–Kier alpha value is -2.52. The SMILES string of the molecule is c1cnc(OC2CCNCC2)c(Oc2nccnc2OC2CCNCC2)n1. The van der Waals surface area contributed by atoms with E-state index in [0.29, 0.717) is 11.8 Å². The molecule has 2 N–H and O–H groups in total. The predicted octanol–water partition coefficient (Wildman–Crippen LogP) is 1.32. The van der Waals surface area contributed by atoms with Gasteiger partial charge in [-0.2, -0.15) is 0 Å². The quantitative estimate of drug-likeness (QED) is 0.777. The number of ether oxygens (including phenoxy) is 3. The van der Waals surface area contributed by atoms with Crippen LogP contribution in [0.3, 0.4) is 0 Å². The molecule has 2 aromatic rings. The zero-order valence-corrected chi connectivity index (χ0v) is 15.1. The van der Waals surface area contributed by atoms with Crippen molar-refractivity contribution in [2.75, 3.05) is 26.2 Å². The van der Waals surface area contributed by atoms with Crippen molar-refractivity contribution in [2.45, 2.75) is 37.9 Å². The highest BCUT2D eigenvalue weighted by Gasteiger charge is 2.22. The van der Waals surface area contributed by atoms with Crippen LogP contribution in [-0.4, -0.2) is 58.3 Å². The minimum atomic E-state index is 0.0950. The molecule has 9 heteroatoms. The molecule has 2 fully saturated rings. The molecule has 0 spiro atoms. The number of piperidine rings is 2.